The molecule has 2 aliphatic rings. The van der Waals surface area contributed by atoms with Crippen molar-refractivity contribution in [3.63, 3.8) is 0 Å². The van der Waals surface area contributed by atoms with Crippen molar-refractivity contribution in [1.29, 1.82) is 0 Å². The molecular weight excluding hydrogens is 258 g/mol. The van der Waals surface area contributed by atoms with Crippen molar-refractivity contribution in [2.24, 2.45) is 0 Å². The quantitative estimate of drug-likeness (QED) is 0.829. The molecule has 0 radical (unpaired) electrons. The minimum absolute atomic E-state index is 0.733. The Bertz CT molecular complexity index is 478. The largest absolute Gasteiger partial charge is 0.497 e. The van der Waals surface area contributed by atoms with Gasteiger partial charge in [-0.25, -0.2) is 0 Å². The van der Waals surface area contributed by atoms with Crippen molar-refractivity contribution in [3.05, 3.63) is 59.4 Å². The Morgan fingerprint density at radius 1 is 1.19 bits per heavy atom. The van der Waals surface area contributed by atoms with Gasteiger partial charge in [0.15, 0.2) is 0 Å². The summed E-state index contributed by atoms with van der Waals surface area (Å²) in [7, 11) is 0. The van der Waals surface area contributed by atoms with E-state index in [-0.39, 0.29) is 0 Å². The molecule has 2 aliphatic heterocycles. The van der Waals surface area contributed by atoms with Gasteiger partial charge in [0.1, 0.15) is 6.61 Å². The monoisotopic (exact) mass is 285 g/mol. The maximum absolute atomic E-state index is 4.80. The SMILES string of the molecule is C1=CCOC=C1.CCCc1cccc2c1CCN(CC)C2. The Balaban J connectivity index is 0.000000225. The number of allylic oxidation sites excluding steroid dienone is 2. The first kappa shape index (κ1) is 15.8. The molecule has 114 valence electrons. The van der Waals surface area contributed by atoms with Gasteiger partial charge in [-0.2, -0.15) is 0 Å². The summed E-state index contributed by atoms with van der Waals surface area (Å²) < 4.78 is 4.80. The van der Waals surface area contributed by atoms with E-state index in [1.54, 1.807) is 23.0 Å². The van der Waals surface area contributed by atoms with Crippen LogP contribution < -0.4 is 0 Å². The topological polar surface area (TPSA) is 12.5 Å². The van der Waals surface area contributed by atoms with Crippen LogP contribution in [0.4, 0.5) is 0 Å². The molecule has 21 heavy (non-hydrogen) atoms. The van der Waals surface area contributed by atoms with E-state index in [9.17, 15) is 0 Å². The van der Waals surface area contributed by atoms with Crippen LogP contribution in [-0.4, -0.2) is 24.6 Å². The molecule has 0 aromatic heterocycles. The normalized spacial score (nSPS) is 16.7. The molecule has 1 aromatic rings. The van der Waals surface area contributed by atoms with Crippen LogP contribution in [0.1, 0.15) is 37.0 Å². The van der Waals surface area contributed by atoms with Gasteiger partial charge in [0, 0.05) is 13.1 Å². The van der Waals surface area contributed by atoms with E-state index in [0.29, 0.717) is 0 Å². The number of fused-ring (bicyclic) bond motifs is 1. The predicted molar refractivity (Wildman–Crippen MR) is 89.3 cm³/mol. The molecule has 0 aliphatic carbocycles. The third kappa shape index (κ3) is 4.75. The summed E-state index contributed by atoms with van der Waals surface area (Å²) in [5, 5.41) is 0. The van der Waals surface area contributed by atoms with Gasteiger partial charge in [0.25, 0.3) is 0 Å². The second-order valence-corrected chi connectivity index (χ2v) is 5.51. The van der Waals surface area contributed by atoms with Crippen molar-refractivity contribution < 1.29 is 4.74 Å². The standard InChI is InChI=1S/C14H21N.C5H6O/c1-3-6-12-7-5-8-13-11-15(4-2)10-9-14(12)13;1-2-4-6-5-3-1/h5,7-8H,3-4,6,9-11H2,1-2H3;1-4H,5H2. The number of aryl methyl sites for hydroxylation is 1. The van der Waals surface area contributed by atoms with Gasteiger partial charge in [0.2, 0.25) is 0 Å². The zero-order valence-corrected chi connectivity index (χ0v) is 13.3. The van der Waals surface area contributed by atoms with Gasteiger partial charge in [-0.05, 0) is 48.2 Å². The molecular formula is C19H27NO. The number of hydrogen-bond acceptors (Lipinski definition) is 2. The van der Waals surface area contributed by atoms with Crippen LogP contribution in [0.15, 0.2) is 42.7 Å². The number of benzene rings is 1. The molecule has 3 rings (SSSR count). The van der Waals surface area contributed by atoms with Gasteiger partial charge >= 0.3 is 0 Å². The Morgan fingerprint density at radius 2 is 2.10 bits per heavy atom. The first-order valence-corrected chi connectivity index (χ1v) is 8.10. The number of hydrogen-bond donors (Lipinski definition) is 0. The minimum Gasteiger partial charge on any atom is -0.497 e. The molecule has 0 saturated heterocycles. The molecule has 2 nitrogen and oxygen atoms in total. The van der Waals surface area contributed by atoms with Gasteiger partial charge < -0.3 is 4.74 Å². The Hall–Kier alpha value is -1.54. The summed E-state index contributed by atoms with van der Waals surface area (Å²) >= 11 is 0. The fraction of sp³-hybridized carbons (Fsp3) is 0.474. The highest BCUT2D eigenvalue weighted by Gasteiger charge is 2.16. The van der Waals surface area contributed by atoms with Crippen molar-refractivity contribution in [2.75, 3.05) is 19.7 Å². The van der Waals surface area contributed by atoms with Crippen molar-refractivity contribution in [1.82, 2.24) is 4.90 Å². The number of likely N-dealkylation sites (N-methyl/N-ethyl adjacent to an activating group) is 1. The first-order valence-electron chi connectivity index (χ1n) is 8.10. The van der Waals surface area contributed by atoms with E-state index in [4.69, 9.17) is 4.74 Å². The average Bonchev–Trinajstić information content (AvgIpc) is 2.57. The van der Waals surface area contributed by atoms with Crippen molar-refractivity contribution in [3.8, 4) is 0 Å². The fourth-order valence-electron chi connectivity index (χ4n) is 2.87. The lowest BCUT2D eigenvalue weighted by molar-refractivity contribution is 0.267. The zero-order valence-electron chi connectivity index (χ0n) is 13.3. The molecule has 0 atom stereocenters. The van der Waals surface area contributed by atoms with Crippen LogP contribution in [-0.2, 0) is 24.1 Å². The fourth-order valence-corrected chi connectivity index (χ4v) is 2.87. The maximum atomic E-state index is 4.80. The smallest absolute Gasteiger partial charge is 0.106 e. The number of rotatable bonds is 3. The maximum Gasteiger partial charge on any atom is 0.106 e. The lowest BCUT2D eigenvalue weighted by atomic mass is 9.92. The highest BCUT2D eigenvalue weighted by atomic mass is 16.5. The summed E-state index contributed by atoms with van der Waals surface area (Å²) in [6.45, 7) is 8.82. The van der Waals surface area contributed by atoms with Crippen LogP contribution in [0, 0.1) is 0 Å². The average molecular weight is 285 g/mol. The van der Waals surface area contributed by atoms with Gasteiger partial charge in [-0.15, -0.1) is 0 Å². The number of ether oxygens (including phenoxy) is 1. The summed E-state index contributed by atoms with van der Waals surface area (Å²) in [6, 6.07) is 6.84. The Labute approximate surface area is 129 Å². The van der Waals surface area contributed by atoms with Crippen LogP contribution in [0.2, 0.25) is 0 Å². The van der Waals surface area contributed by atoms with E-state index in [2.05, 4.69) is 36.9 Å². The van der Waals surface area contributed by atoms with Crippen LogP contribution >= 0.6 is 0 Å². The van der Waals surface area contributed by atoms with Gasteiger partial charge in [0.05, 0.1) is 6.26 Å². The summed E-state index contributed by atoms with van der Waals surface area (Å²) in [4.78, 5) is 2.53. The van der Waals surface area contributed by atoms with E-state index < -0.39 is 0 Å². The third-order valence-electron chi connectivity index (χ3n) is 4.02. The summed E-state index contributed by atoms with van der Waals surface area (Å²) in [5.74, 6) is 0. The molecule has 2 heteroatoms. The predicted octanol–water partition coefficient (Wildman–Crippen LogP) is 4.10. The molecule has 0 amide bonds. The summed E-state index contributed by atoms with van der Waals surface area (Å²) in [6.07, 6.45) is 11.2. The molecule has 0 unspecified atom stereocenters. The van der Waals surface area contributed by atoms with Crippen LogP contribution in [0.5, 0.6) is 0 Å². The van der Waals surface area contributed by atoms with Crippen LogP contribution in [0.3, 0.4) is 0 Å². The highest BCUT2D eigenvalue weighted by Crippen LogP contribution is 2.23. The second kappa shape index (κ2) is 8.68. The lowest BCUT2D eigenvalue weighted by Crippen LogP contribution is -2.30. The molecule has 0 fully saturated rings. The molecule has 0 bridgehead atoms. The number of nitrogens with zero attached hydrogens (tertiary/aromatic N) is 1. The minimum atomic E-state index is 0.733. The molecule has 0 spiro atoms. The first-order chi connectivity index (χ1) is 10.3. The van der Waals surface area contributed by atoms with E-state index >= 15 is 0 Å². The van der Waals surface area contributed by atoms with Gasteiger partial charge in [-0.3, -0.25) is 4.90 Å². The van der Waals surface area contributed by atoms with Gasteiger partial charge in [-0.1, -0.05) is 44.5 Å². The molecule has 2 heterocycles. The van der Waals surface area contributed by atoms with Crippen molar-refractivity contribution in [2.45, 2.75) is 39.7 Å². The van der Waals surface area contributed by atoms with E-state index in [1.807, 2.05) is 18.2 Å². The second-order valence-electron chi connectivity index (χ2n) is 5.51. The Morgan fingerprint density at radius 3 is 2.67 bits per heavy atom. The van der Waals surface area contributed by atoms with E-state index in [0.717, 1.165) is 13.2 Å². The molecule has 0 N–H and O–H groups in total. The lowest BCUT2D eigenvalue weighted by Gasteiger charge is -2.29. The highest BCUT2D eigenvalue weighted by molar-refractivity contribution is 5.37. The zero-order chi connectivity index (χ0) is 14.9. The Kier molecular flexibility index (Phi) is 6.55. The van der Waals surface area contributed by atoms with Crippen molar-refractivity contribution >= 4 is 0 Å². The molecule has 0 saturated carbocycles. The third-order valence-corrected chi connectivity index (χ3v) is 4.02. The molecule has 1 aromatic carbocycles. The summed E-state index contributed by atoms with van der Waals surface area (Å²) in [5.41, 5.74) is 4.80. The van der Waals surface area contributed by atoms with Crippen LogP contribution in [0.25, 0.3) is 0 Å². The van der Waals surface area contributed by atoms with E-state index in [1.165, 1.54) is 32.4 Å².